The van der Waals surface area contributed by atoms with E-state index in [1.165, 1.54) is 19.5 Å². The molecule has 2 rings (SSSR count). The first-order chi connectivity index (χ1) is 11.2. The van der Waals surface area contributed by atoms with Crippen LogP contribution in [-0.2, 0) is 0 Å². The van der Waals surface area contributed by atoms with Gasteiger partial charge in [0, 0.05) is 5.56 Å². The van der Waals surface area contributed by atoms with Crippen molar-refractivity contribution in [2.24, 2.45) is 0 Å². The predicted octanol–water partition coefficient (Wildman–Crippen LogP) is 3.31. The minimum Gasteiger partial charge on any atom is -0.494 e. The van der Waals surface area contributed by atoms with Gasteiger partial charge in [0.2, 0.25) is 0 Å². The first kappa shape index (κ1) is 16.7. The number of hydrogen-bond acceptors (Lipinski definition) is 5. The van der Waals surface area contributed by atoms with Crippen molar-refractivity contribution < 1.29 is 14.3 Å². The van der Waals surface area contributed by atoms with E-state index in [2.05, 4.69) is 22.2 Å². The first-order valence-corrected chi connectivity index (χ1v) is 7.63. The molecule has 23 heavy (non-hydrogen) atoms. The zero-order valence-electron chi connectivity index (χ0n) is 13.4. The maximum absolute atomic E-state index is 12.1. The van der Waals surface area contributed by atoms with Gasteiger partial charge in [0.15, 0.2) is 0 Å². The van der Waals surface area contributed by atoms with Crippen LogP contribution in [0.15, 0.2) is 36.7 Å². The normalized spacial score (nSPS) is 10.2. The molecule has 0 aliphatic carbocycles. The van der Waals surface area contributed by atoms with Crippen molar-refractivity contribution in [3.05, 3.63) is 42.2 Å². The average molecular weight is 315 g/mol. The van der Waals surface area contributed by atoms with Crippen LogP contribution in [0.25, 0.3) is 0 Å². The largest absolute Gasteiger partial charge is 0.494 e. The Labute approximate surface area is 135 Å². The van der Waals surface area contributed by atoms with Crippen LogP contribution in [0.1, 0.15) is 36.5 Å². The van der Waals surface area contributed by atoms with E-state index in [-0.39, 0.29) is 11.9 Å². The van der Waals surface area contributed by atoms with E-state index in [0.29, 0.717) is 17.9 Å². The summed E-state index contributed by atoms with van der Waals surface area (Å²) in [6.45, 7) is 2.85. The fourth-order valence-corrected chi connectivity index (χ4v) is 1.93. The maximum atomic E-state index is 12.1. The lowest BCUT2D eigenvalue weighted by Crippen LogP contribution is -2.12. The molecule has 0 aliphatic heterocycles. The van der Waals surface area contributed by atoms with Gasteiger partial charge in [0.1, 0.15) is 5.75 Å². The fraction of sp³-hybridized carbons (Fsp3) is 0.353. The highest BCUT2D eigenvalue weighted by Crippen LogP contribution is 2.15. The second-order valence-electron chi connectivity index (χ2n) is 4.99. The minimum absolute atomic E-state index is 0.226. The number of carbonyl (C=O) groups excluding carboxylic acids is 1. The highest BCUT2D eigenvalue weighted by atomic mass is 16.5. The zero-order valence-corrected chi connectivity index (χ0v) is 13.4. The van der Waals surface area contributed by atoms with Gasteiger partial charge in [-0.1, -0.05) is 19.8 Å². The van der Waals surface area contributed by atoms with Gasteiger partial charge in [0.05, 0.1) is 31.8 Å². The lowest BCUT2D eigenvalue weighted by molar-refractivity contribution is 0.102. The molecule has 0 spiro atoms. The Morgan fingerprint density at radius 2 is 1.83 bits per heavy atom. The van der Waals surface area contributed by atoms with Crippen molar-refractivity contribution in [1.29, 1.82) is 0 Å². The number of ether oxygens (including phenoxy) is 2. The summed E-state index contributed by atoms with van der Waals surface area (Å²) in [5, 5.41) is 2.73. The number of benzene rings is 1. The Kier molecular flexibility index (Phi) is 6.35. The molecule has 1 heterocycles. The van der Waals surface area contributed by atoms with Gasteiger partial charge in [-0.05, 0) is 30.7 Å². The van der Waals surface area contributed by atoms with E-state index in [4.69, 9.17) is 9.47 Å². The average Bonchev–Trinajstić information content (AvgIpc) is 2.60. The molecule has 1 aromatic carbocycles. The number of anilines is 1. The summed E-state index contributed by atoms with van der Waals surface area (Å²) in [6.07, 6.45) is 6.35. The van der Waals surface area contributed by atoms with Crippen molar-refractivity contribution in [3.8, 4) is 11.8 Å². The van der Waals surface area contributed by atoms with E-state index in [1.54, 1.807) is 24.3 Å². The highest BCUT2D eigenvalue weighted by molar-refractivity contribution is 6.04. The third kappa shape index (κ3) is 5.25. The molecule has 0 aliphatic rings. The topological polar surface area (TPSA) is 73.3 Å². The number of hydrogen-bond donors (Lipinski definition) is 1. The lowest BCUT2D eigenvalue weighted by atomic mass is 10.2. The van der Waals surface area contributed by atoms with Crippen LogP contribution in [0, 0.1) is 0 Å². The number of amides is 1. The van der Waals surface area contributed by atoms with Gasteiger partial charge < -0.3 is 14.8 Å². The van der Waals surface area contributed by atoms with Gasteiger partial charge in [0.25, 0.3) is 5.91 Å². The van der Waals surface area contributed by atoms with Crippen molar-refractivity contribution in [2.75, 3.05) is 19.0 Å². The van der Waals surface area contributed by atoms with Crippen LogP contribution in [0.4, 0.5) is 5.69 Å². The number of methoxy groups -OCH3 is 1. The van der Waals surface area contributed by atoms with E-state index >= 15 is 0 Å². The van der Waals surface area contributed by atoms with E-state index in [1.807, 2.05) is 0 Å². The number of rotatable bonds is 8. The molecule has 6 heteroatoms. The molecule has 0 bridgehead atoms. The summed E-state index contributed by atoms with van der Waals surface area (Å²) in [5.41, 5.74) is 1.05. The van der Waals surface area contributed by atoms with Crippen LogP contribution in [0.3, 0.4) is 0 Å². The lowest BCUT2D eigenvalue weighted by Gasteiger charge is -2.08. The van der Waals surface area contributed by atoms with Crippen LogP contribution < -0.4 is 14.8 Å². The van der Waals surface area contributed by atoms with Crippen molar-refractivity contribution >= 4 is 11.6 Å². The summed E-state index contributed by atoms with van der Waals surface area (Å²) in [6, 6.07) is 7.31. The van der Waals surface area contributed by atoms with Gasteiger partial charge in [-0.2, -0.15) is 0 Å². The summed E-state index contributed by atoms with van der Waals surface area (Å²) in [4.78, 5) is 20.0. The molecule has 0 radical (unpaired) electrons. The second kappa shape index (κ2) is 8.73. The molecule has 0 atom stereocenters. The molecule has 1 N–H and O–H groups in total. The molecule has 1 aromatic heterocycles. The molecule has 2 aromatic rings. The Balaban J connectivity index is 1.88. The van der Waals surface area contributed by atoms with E-state index in [0.717, 1.165) is 25.0 Å². The van der Waals surface area contributed by atoms with E-state index in [9.17, 15) is 4.79 Å². The number of unbranched alkanes of at least 4 members (excludes halogenated alkanes) is 2. The molecule has 0 saturated carbocycles. The number of nitrogens with one attached hydrogen (secondary N) is 1. The summed E-state index contributed by atoms with van der Waals surface area (Å²) < 4.78 is 10.5. The molecule has 6 nitrogen and oxygen atoms in total. The highest BCUT2D eigenvalue weighted by Gasteiger charge is 2.07. The van der Waals surface area contributed by atoms with Crippen LogP contribution in [-0.4, -0.2) is 29.6 Å². The molecule has 122 valence electrons. The number of aromatic nitrogens is 2. The summed E-state index contributed by atoms with van der Waals surface area (Å²) in [5.74, 6) is 0.543. The van der Waals surface area contributed by atoms with Gasteiger partial charge in [-0.15, -0.1) is 0 Å². The van der Waals surface area contributed by atoms with Gasteiger partial charge in [-0.25, -0.2) is 9.97 Å². The molecule has 0 unspecified atom stereocenters. The summed E-state index contributed by atoms with van der Waals surface area (Å²) >= 11 is 0. The van der Waals surface area contributed by atoms with Crippen molar-refractivity contribution in [3.63, 3.8) is 0 Å². The van der Waals surface area contributed by atoms with Crippen molar-refractivity contribution in [1.82, 2.24) is 9.97 Å². The second-order valence-corrected chi connectivity index (χ2v) is 4.99. The Hall–Kier alpha value is -2.63. The number of carbonyl (C=O) groups is 1. The Morgan fingerprint density at radius 3 is 2.43 bits per heavy atom. The summed E-state index contributed by atoms with van der Waals surface area (Å²) in [7, 11) is 1.49. The standard InChI is InChI=1S/C17H21N3O3/c1-3-4-5-10-23-15-8-6-13(7-9-15)16(21)20-14-11-18-17(22-2)19-12-14/h6-9,11-12H,3-5,10H2,1-2H3,(H,20,21). The van der Waals surface area contributed by atoms with Crippen molar-refractivity contribution in [2.45, 2.75) is 26.2 Å². The molecule has 1 amide bonds. The Morgan fingerprint density at radius 1 is 1.13 bits per heavy atom. The number of nitrogens with zero attached hydrogens (tertiary/aromatic N) is 2. The maximum Gasteiger partial charge on any atom is 0.316 e. The third-order valence-electron chi connectivity index (χ3n) is 3.20. The van der Waals surface area contributed by atoms with E-state index < -0.39 is 0 Å². The van der Waals surface area contributed by atoms with Gasteiger partial charge in [-0.3, -0.25) is 4.79 Å². The fourth-order valence-electron chi connectivity index (χ4n) is 1.93. The Bertz CT molecular complexity index is 612. The SMILES string of the molecule is CCCCCOc1ccc(C(=O)Nc2cnc(OC)nc2)cc1. The molecule has 0 saturated heterocycles. The minimum atomic E-state index is -0.226. The predicted molar refractivity (Wildman–Crippen MR) is 88.0 cm³/mol. The quantitative estimate of drug-likeness (QED) is 0.757. The van der Waals surface area contributed by atoms with Gasteiger partial charge >= 0.3 is 6.01 Å². The van der Waals surface area contributed by atoms with Crippen LogP contribution in [0.5, 0.6) is 11.8 Å². The van der Waals surface area contributed by atoms with Crippen LogP contribution in [0.2, 0.25) is 0 Å². The molecular weight excluding hydrogens is 294 g/mol. The molecule has 0 fully saturated rings. The molecular formula is C17H21N3O3. The zero-order chi connectivity index (χ0) is 16.5. The first-order valence-electron chi connectivity index (χ1n) is 7.63. The smallest absolute Gasteiger partial charge is 0.316 e. The van der Waals surface area contributed by atoms with Crippen LogP contribution >= 0.6 is 0 Å². The monoisotopic (exact) mass is 315 g/mol. The third-order valence-corrected chi connectivity index (χ3v) is 3.20.